The van der Waals surface area contributed by atoms with Gasteiger partial charge in [0.05, 0.1) is 5.69 Å². The zero-order valence-electron chi connectivity index (χ0n) is 19.2. The summed E-state index contributed by atoms with van der Waals surface area (Å²) >= 11 is 1.91. The number of benzene rings is 1. The largest absolute Gasteiger partial charge is 0.368 e. The molecule has 1 aromatic heterocycles. The fourth-order valence-electron chi connectivity index (χ4n) is 6.51. The Labute approximate surface area is 199 Å². The van der Waals surface area contributed by atoms with Gasteiger partial charge in [0.15, 0.2) is 0 Å². The van der Waals surface area contributed by atoms with E-state index in [2.05, 4.69) is 21.4 Å². The zero-order valence-corrected chi connectivity index (χ0v) is 20.1. The normalized spacial score (nSPS) is 32.8. The maximum absolute atomic E-state index is 15.2. The molecule has 33 heavy (non-hydrogen) atoms. The SMILES string of the molecule is C[C@H]1CC[C@@H](C2CCCCC2)SN1Cc1cc(F)c(N2C[C@@H]3[C@H](C2)[C@H]3n2cnnc2)cc1F. The van der Waals surface area contributed by atoms with Gasteiger partial charge in [0.25, 0.3) is 0 Å². The van der Waals surface area contributed by atoms with Crippen molar-refractivity contribution in [3.05, 3.63) is 42.0 Å². The highest BCUT2D eigenvalue weighted by atomic mass is 32.2. The van der Waals surface area contributed by atoms with Crippen LogP contribution in [-0.2, 0) is 6.54 Å². The molecule has 178 valence electrons. The topological polar surface area (TPSA) is 37.2 Å². The minimum Gasteiger partial charge on any atom is -0.368 e. The van der Waals surface area contributed by atoms with Crippen molar-refractivity contribution in [3.8, 4) is 0 Å². The van der Waals surface area contributed by atoms with Crippen LogP contribution in [0.25, 0.3) is 0 Å². The van der Waals surface area contributed by atoms with Crippen molar-refractivity contribution in [2.75, 3.05) is 18.0 Å². The average molecular weight is 474 g/mol. The molecule has 2 aliphatic carbocycles. The summed E-state index contributed by atoms with van der Waals surface area (Å²) in [7, 11) is 0. The molecule has 5 atom stereocenters. The predicted molar refractivity (Wildman–Crippen MR) is 127 cm³/mol. The van der Waals surface area contributed by atoms with E-state index in [0.717, 1.165) is 25.4 Å². The highest BCUT2D eigenvalue weighted by Gasteiger charge is 2.57. The lowest BCUT2D eigenvalue weighted by Crippen LogP contribution is -2.37. The number of fused-ring (bicyclic) bond motifs is 1. The van der Waals surface area contributed by atoms with E-state index in [1.807, 2.05) is 21.4 Å². The fraction of sp³-hybridized carbons (Fsp3) is 0.680. The third-order valence-corrected chi connectivity index (χ3v) is 10.2. The monoisotopic (exact) mass is 473 g/mol. The van der Waals surface area contributed by atoms with Crippen LogP contribution in [0.1, 0.15) is 63.5 Å². The van der Waals surface area contributed by atoms with E-state index < -0.39 is 0 Å². The lowest BCUT2D eigenvalue weighted by molar-refractivity contribution is 0.272. The molecule has 5 nitrogen and oxygen atoms in total. The van der Waals surface area contributed by atoms with E-state index in [9.17, 15) is 0 Å². The molecular formula is C25H33F2N5S. The van der Waals surface area contributed by atoms with Crippen molar-refractivity contribution in [2.45, 2.75) is 75.7 Å². The first kappa shape index (κ1) is 21.8. The summed E-state index contributed by atoms with van der Waals surface area (Å²) in [5.74, 6) is 1.13. The number of hydrogen-bond donors (Lipinski definition) is 0. The third-order valence-electron chi connectivity index (χ3n) is 8.52. The average Bonchev–Trinajstić information content (AvgIpc) is 3.19. The molecule has 0 spiro atoms. The highest BCUT2D eigenvalue weighted by molar-refractivity contribution is 7.97. The van der Waals surface area contributed by atoms with Crippen LogP contribution < -0.4 is 4.90 Å². The molecule has 0 N–H and O–H groups in total. The second kappa shape index (κ2) is 8.84. The van der Waals surface area contributed by atoms with Crippen LogP contribution in [0.3, 0.4) is 0 Å². The molecule has 3 heterocycles. The van der Waals surface area contributed by atoms with E-state index in [0.29, 0.717) is 47.0 Å². The van der Waals surface area contributed by atoms with Gasteiger partial charge in [0.2, 0.25) is 0 Å². The van der Waals surface area contributed by atoms with Gasteiger partial charge in [0.1, 0.15) is 24.3 Å². The summed E-state index contributed by atoms with van der Waals surface area (Å²) in [4.78, 5) is 2.01. The maximum Gasteiger partial charge on any atom is 0.147 e. The van der Waals surface area contributed by atoms with Crippen molar-refractivity contribution in [1.29, 1.82) is 0 Å². The van der Waals surface area contributed by atoms with Gasteiger partial charge in [-0.05, 0) is 44.6 Å². The number of rotatable bonds is 5. The van der Waals surface area contributed by atoms with Gasteiger partial charge in [-0.15, -0.1) is 10.2 Å². The van der Waals surface area contributed by atoms with Gasteiger partial charge >= 0.3 is 0 Å². The molecule has 6 rings (SSSR count). The van der Waals surface area contributed by atoms with Crippen molar-refractivity contribution in [1.82, 2.24) is 19.1 Å². The van der Waals surface area contributed by atoms with Crippen LogP contribution in [0, 0.1) is 29.4 Å². The molecule has 2 saturated carbocycles. The van der Waals surface area contributed by atoms with Crippen molar-refractivity contribution >= 4 is 17.6 Å². The Kier molecular flexibility index (Phi) is 5.85. The number of aromatic nitrogens is 3. The summed E-state index contributed by atoms with van der Waals surface area (Å²) in [5.41, 5.74) is 0.886. The van der Waals surface area contributed by atoms with Gasteiger partial charge in [-0.2, -0.15) is 0 Å². The first-order chi connectivity index (χ1) is 16.1. The summed E-state index contributed by atoms with van der Waals surface area (Å²) < 4.78 is 34.7. The number of halogens is 2. The number of hydrogen-bond acceptors (Lipinski definition) is 5. The molecule has 0 amide bonds. The second-order valence-electron chi connectivity index (χ2n) is 10.6. The third kappa shape index (κ3) is 4.18. The van der Waals surface area contributed by atoms with Gasteiger partial charge in [-0.1, -0.05) is 31.2 Å². The molecule has 0 bridgehead atoms. The summed E-state index contributed by atoms with van der Waals surface area (Å²) in [5, 5.41) is 8.41. The molecule has 0 unspecified atom stereocenters. The van der Waals surface area contributed by atoms with E-state index >= 15 is 8.78 Å². The molecule has 4 fully saturated rings. The summed E-state index contributed by atoms with van der Waals surface area (Å²) in [6.07, 6.45) is 12.6. The lowest BCUT2D eigenvalue weighted by Gasteiger charge is -2.41. The predicted octanol–water partition coefficient (Wildman–Crippen LogP) is 5.45. The molecule has 2 aliphatic heterocycles. The molecule has 4 aliphatic rings. The fourth-order valence-corrected chi connectivity index (χ4v) is 8.07. The Morgan fingerprint density at radius 3 is 2.39 bits per heavy atom. The number of piperidine rings is 1. The van der Waals surface area contributed by atoms with Gasteiger partial charge in [-0.25, -0.2) is 13.1 Å². The number of nitrogens with zero attached hydrogens (tertiary/aromatic N) is 5. The quantitative estimate of drug-likeness (QED) is 0.540. The van der Waals surface area contributed by atoms with Gasteiger partial charge in [0, 0.05) is 60.4 Å². The zero-order chi connectivity index (χ0) is 22.5. The lowest BCUT2D eigenvalue weighted by atomic mass is 9.85. The van der Waals surface area contributed by atoms with E-state index in [4.69, 9.17) is 0 Å². The Hall–Kier alpha value is -1.67. The molecular weight excluding hydrogens is 440 g/mol. The van der Waals surface area contributed by atoms with Crippen molar-refractivity contribution in [3.63, 3.8) is 0 Å². The first-order valence-electron chi connectivity index (χ1n) is 12.6. The van der Waals surface area contributed by atoms with Crippen LogP contribution in [0.4, 0.5) is 14.5 Å². The Morgan fingerprint density at radius 1 is 0.939 bits per heavy atom. The van der Waals surface area contributed by atoms with Crippen LogP contribution in [0.15, 0.2) is 24.8 Å². The first-order valence-corrected chi connectivity index (χ1v) is 13.4. The standard InChI is InChI=1S/C25H33F2N5S/c1-16-7-8-24(17-5-3-2-4-6-17)33-32(16)11-18-9-22(27)23(10-21(18)26)30-12-19-20(13-30)25(19)31-14-28-29-15-31/h9-10,14-17,19-20,24-25H,2-8,11-13H2,1H3/t16-,19-,20+,24-,25+/m0/s1. The Bertz CT molecular complexity index is 967. The van der Waals surface area contributed by atoms with Gasteiger partial charge in [-0.3, -0.25) is 0 Å². The van der Waals surface area contributed by atoms with Crippen LogP contribution in [0.2, 0.25) is 0 Å². The summed E-state index contributed by atoms with van der Waals surface area (Å²) in [6.45, 7) is 4.20. The Morgan fingerprint density at radius 2 is 1.67 bits per heavy atom. The molecule has 0 radical (unpaired) electrons. The second-order valence-corrected chi connectivity index (χ2v) is 11.9. The van der Waals surface area contributed by atoms with E-state index in [-0.39, 0.29) is 11.6 Å². The molecule has 2 aromatic rings. The van der Waals surface area contributed by atoms with Crippen molar-refractivity contribution < 1.29 is 8.78 Å². The Balaban J connectivity index is 1.12. The smallest absolute Gasteiger partial charge is 0.147 e. The van der Waals surface area contributed by atoms with Crippen LogP contribution in [0.5, 0.6) is 0 Å². The molecule has 1 aromatic carbocycles. The molecule has 8 heteroatoms. The van der Waals surface area contributed by atoms with E-state index in [1.165, 1.54) is 50.7 Å². The molecule has 2 saturated heterocycles. The minimum absolute atomic E-state index is 0.282. The number of anilines is 1. The van der Waals surface area contributed by atoms with Crippen LogP contribution >= 0.6 is 11.9 Å². The van der Waals surface area contributed by atoms with Gasteiger partial charge < -0.3 is 9.47 Å². The maximum atomic E-state index is 15.2. The minimum atomic E-state index is -0.299. The summed E-state index contributed by atoms with van der Waals surface area (Å²) in [6, 6.07) is 3.67. The van der Waals surface area contributed by atoms with Crippen molar-refractivity contribution in [2.24, 2.45) is 17.8 Å². The van der Waals surface area contributed by atoms with Crippen LogP contribution in [-0.4, -0.2) is 43.5 Å². The van der Waals surface area contributed by atoms with E-state index in [1.54, 1.807) is 12.7 Å². The highest BCUT2D eigenvalue weighted by Crippen LogP contribution is 2.56.